The number of benzene rings is 4. The lowest BCUT2D eigenvalue weighted by Crippen LogP contribution is -2.23. The third-order valence-electron chi connectivity index (χ3n) is 14.4. The molecule has 0 saturated carbocycles. The van der Waals surface area contributed by atoms with Crippen LogP contribution in [0.1, 0.15) is 127 Å². The van der Waals surface area contributed by atoms with E-state index in [1.54, 1.807) is 12.4 Å². The van der Waals surface area contributed by atoms with E-state index in [0.717, 1.165) is 73.6 Å². The van der Waals surface area contributed by atoms with Crippen LogP contribution in [0.5, 0.6) is 23.0 Å². The van der Waals surface area contributed by atoms with Gasteiger partial charge in [0.2, 0.25) is 0 Å². The third-order valence-corrected chi connectivity index (χ3v) is 14.4. The molecule has 0 aliphatic heterocycles. The summed E-state index contributed by atoms with van der Waals surface area (Å²) in [5.74, 6) is 1.81. The minimum atomic E-state index is -0.239. The van der Waals surface area contributed by atoms with Crippen LogP contribution in [-0.2, 0) is 51.4 Å². The maximum atomic E-state index is 12.3. The zero-order chi connectivity index (χ0) is 43.2. The average molecular weight is 839 g/mol. The monoisotopic (exact) mass is 838 g/mol. The molecule has 2 aromatic heterocycles. The molecule has 4 aromatic carbocycles. The number of hydrogen-bond donors (Lipinski definition) is 2. The van der Waals surface area contributed by atoms with Crippen molar-refractivity contribution in [2.45, 2.75) is 149 Å². The van der Waals surface area contributed by atoms with Crippen molar-refractivity contribution < 1.29 is 19.7 Å². The summed E-state index contributed by atoms with van der Waals surface area (Å²) in [6, 6.07) is 21.1. The first-order chi connectivity index (χ1) is 30.7. The minimum Gasteiger partial charge on any atom is -0.507 e. The molecule has 6 nitrogen and oxygen atoms in total. The average Bonchev–Trinajstić information content (AvgIpc) is 3.29. The molecule has 1 unspecified atom stereocenters. The Morgan fingerprint density at radius 1 is 0.476 bits per heavy atom. The van der Waals surface area contributed by atoms with Gasteiger partial charge in [-0.1, -0.05) is 12.1 Å². The minimum absolute atomic E-state index is 0.239. The lowest BCUT2D eigenvalue weighted by Gasteiger charge is -2.29. The molecule has 6 aromatic rings. The topological polar surface area (TPSA) is 84.7 Å². The second kappa shape index (κ2) is 17.5. The largest absolute Gasteiger partial charge is 0.507 e. The Hall–Kier alpha value is -5.62. The second-order valence-electron chi connectivity index (χ2n) is 19.1. The normalized spacial score (nSPS) is 16.6. The third kappa shape index (κ3) is 8.00. The van der Waals surface area contributed by atoms with E-state index < -0.39 is 0 Å². The van der Waals surface area contributed by atoms with Crippen molar-refractivity contribution in [3.63, 3.8) is 0 Å². The first-order valence-electron chi connectivity index (χ1n) is 24.0. The smallest absolute Gasteiger partial charge is 0.146 e. The molecule has 4 aliphatic carbocycles. The number of fused-ring (bicyclic) bond motifs is 4. The fourth-order valence-electron chi connectivity index (χ4n) is 11.6. The fourth-order valence-corrected chi connectivity index (χ4v) is 11.6. The highest BCUT2D eigenvalue weighted by molar-refractivity contribution is 5.88. The highest BCUT2D eigenvalue weighted by atomic mass is 16.5. The number of aryl methyl sites for hydroxylation is 6. The van der Waals surface area contributed by atoms with E-state index in [1.165, 1.54) is 107 Å². The van der Waals surface area contributed by atoms with E-state index in [-0.39, 0.29) is 23.7 Å². The molecule has 2 atom stereocenters. The zero-order valence-electron chi connectivity index (χ0n) is 37.7. The molecule has 0 radical (unpaired) electrons. The lowest BCUT2D eigenvalue weighted by molar-refractivity contribution is 0.131. The van der Waals surface area contributed by atoms with Crippen molar-refractivity contribution in [3.05, 3.63) is 129 Å². The van der Waals surface area contributed by atoms with Crippen LogP contribution in [0.15, 0.2) is 73.1 Å². The Kier molecular flexibility index (Phi) is 11.5. The summed E-state index contributed by atoms with van der Waals surface area (Å²) < 4.78 is 13.5. The molecule has 2 heterocycles. The van der Waals surface area contributed by atoms with Gasteiger partial charge in [0.05, 0.1) is 12.2 Å². The summed E-state index contributed by atoms with van der Waals surface area (Å²) in [6.45, 7) is 8.35. The van der Waals surface area contributed by atoms with E-state index in [0.29, 0.717) is 40.4 Å². The number of ether oxygens (including phenoxy) is 2. The summed E-state index contributed by atoms with van der Waals surface area (Å²) in [5, 5.41) is 24.6. The number of aromatic hydroxyl groups is 2. The van der Waals surface area contributed by atoms with Crippen LogP contribution in [0.2, 0.25) is 0 Å². The van der Waals surface area contributed by atoms with Gasteiger partial charge in [-0.25, -0.2) is 0 Å². The van der Waals surface area contributed by atoms with E-state index in [1.807, 2.05) is 36.4 Å². The number of phenolic OH excluding ortho intramolecular Hbond substituents is 2. The van der Waals surface area contributed by atoms with Gasteiger partial charge in [0.25, 0.3) is 0 Å². The molecule has 0 amide bonds. The molecule has 0 spiro atoms. The Balaban J connectivity index is 0.923. The lowest BCUT2D eigenvalue weighted by atomic mass is 9.76. The molecule has 0 fully saturated rings. The number of hydrogen-bond acceptors (Lipinski definition) is 6. The van der Waals surface area contributed by atoms with Gasteiger partial charge in [0, 0.05) is 41.1 Å². The van der Waals surface area contributed by atoms with Crippen molar-refractivity contribution in [1.29, 1.82) is 0 Å². The number of phenols is 2. The van der Waals surface area contributed by atoms with E-state index >= 15 is 0 Å². The van der Waals surface area contributed by atoms with Crippen LogP contribution in [0.4, 0.5) is 0 Å². The van der Waals surface area contributed by atoms with Gasteiger partial charge >= 0.3 is 0 Å². The number of pyridine rings is 2. The first-order valence-corrected chi connectivity index (χ1v) is 24.0. The zero-order valence-corrected chi connectivity index (χ0v) is 37.7. The highest BCUT2D eigenvalue weighted by Crippen LogP contribution is 2.49. The van der Waals surface area contributed by atoms with E-state index in [2.05, 4.69) is 52.0 Å². The summed E-state index contributed by atoms with van der Waals surface area (Å²) in [5.41, 5.74) is 20.8. The Labute approximate surface area is 373 Å². The van der Waals surface area contributed by atoms with Crippen LogP contribution in [-0.4, -0.2) is 32.4 Å². The molecule has 0 bridgehead atoms. The molecular formula is C57H62N2O4. The van der Waals surface area contributed by atoms with Crippen molar-refractivity contribution in [2.75, 3.05) is 0 Å². The maximum absolute atomic E-state index is 12.3. The van der Waals surface area contributed by atoms with Crippen LogP contribution < -0.4 is 9.47 Å². The summed E-state index contributed by atoms with van der Waals surface area (Å²) in [6.07, 6.45) is 22.0. The SMILES string of the molecule is Cc1cc(-c2ncccc2OC(C)C[C@@H](C)Oc2cccnc2-c2cc(C)cc(-c3c4c(cc5c3CCCC5)CCCC4)c2O)c(O)c(-c2c3c(cc4c2CCCC4)CCCC3)c1. The van der Waals surface area contributed by atoms with Gasteiger partial charge in [0.1, 0.15) is 34.4 Å². The van der Waals surface area contributed by atoms with E-state index in [9.17, 15) is 10.2 Å². The fraction of sp³-hybridized carbons (Fsp3) is 0.404. The standard InChI is InChI=1S/C57H62N2O4/c1-34-27-46(52-42-19-9-5-15-38(42)32-39-16-6-10-20-43(39)52)56(60)48(29-34)54-50(23-13-25-58-54)62-36(3)31-37(4)63-51-24-14-26-59-55(51)49-30-35(2)28-47(57(49)61)53-44-21-11-7-17-40(44)33-41-18-8-12-22-45(41)53/h13-14,23-30,32-33,36-37,60-61H,5-12,15-22,31H2,1-4H3/t36-,37?/m1/s1. The Morgan fingerprint density at radius 3 is 1.17 bits per heavy atom. The van der Waals surface area contributed by atoms with Crippen molar-refractivity contribution in [1.82, 2.24) is 9.97 Å². The van der Waals surface area contributed by atoms with Crippen LogP contribution >= 0.6 is 0 Å². The van der Waals surface area contributed by atoms with Crippen molar-refractivity contribution in [2.24, 2.45) is 0 Å². The maximum Gasteiger partial charge on any atom is 0.146 e. The quantitative estimate of drug-likeness (QED) is 0.143. The molecule has 63 heavy (non-hydrogen) atoms. The molecular weight excluding hydrogens is 777 g/mol. The predicted molar refractivity (Wildman–Crippen MR) is 254 cm³/mol. The molecule has 4 aliphatic rings. The molecule has 0 saturated heterocycles. The van der Waals surface area contributed by atoms with E-state index in [4.69, 9.17) is 19.4 Å². The van der Waals surface area contributed by atoms with Crippen LogP contribution in [0, 0.1) is 13.8 Å². The first kappa shape index (κ1) is 41.4. The van der Waals surface area contributed by atoms with Gasteiger partial charge < -0.3 is 19.7 Å². The van der Waals surface area contributed by atoms with Gasteiger partial charge in [-0.05, 0) is 246 Å². The van der Waals surface area contributed by atoms with Crippen LogP contribution in [0.3, 0.4) is 0 Å². The summed E-state index contributed by atoms with van der Waals surface area (Å²) in [4.78, 5) is 9.70. The summed E-state index contributed by atoms with van der Waals surface area (Å²) >= 11 is 0. The summed E-state index contributed by atoms with van der Waals surface area (Å²) in [7, 11) is 0. The Morgan fingerprint density at radius 2 is 0.810 bits per heavy atom. The molecule has 6 heteroatoms. The van der Waals surface area contributed by atoms with Crippen LogP contribution in [0.25, 0.3) is 44.8 Å². The van der Waals surface area contributed by atoms with Gasteiger partial charge in [-0.3, -0.25) is 9.97 Å². The Bertz CT molecular complexity index is 2460. The molecule has 10 rings (SSSR count). The number of aromatic nitrogens is 2. The van der Waals surface area contributed by atoms with Gasteiger partial charge in [0.15, 0.2) is 0 Å². The van der Waals surface area contributed by atoms with Crippen molar-refractivity contribution in [3.8, 4) is 67.8 Å². The molecule has 2 N–H and O–H groups in total. The van der Waals surface area contributed by atoms with Crippen molar-refractivity contribution >= 4 is 0 Å². The number of rotatable bonds is 10. The van der Waals surface area contributed by atoms with Gasteiger partial charge in [-0.15, -0.1) is 0 Å². The second-order valence-corrected chi connectivity index (χ2v) is 19.1. The predicted octanol–water partition coefficient (Wildman–Crippen LogP) is 13.3. The highest BCUT2D eigenvalue weighted by Gasteiger charge is 2.29. The van der Waals surface area contributed by atoms with Gasteiger partial charge in [-0.2, -0.15) is 0 Å². The number of nitrogens with zero attached hydrogens (tertiary/aromatic N) is 2. The molecule has 324 valence electrons.